The molecule has 0 saturated heterocycles. The summed E-state index contributed by atoms with van der Waals surface area (Å²) in [5, 5.41) is 10.3. The second-order valence-corrected chi connectivity index (χ2v) is 2.53. The van der Waals surface area contributed by atoms with E-state index in [0.29, 0.717) is 0 Å². The highest BCUT2D eigenvalue weighted by Gasteiger charge is 2.22. The summed E-state index contributed by atoms with van der Waals surface area (Å²) in [4.78, 5) is 9.30. The number of nitro benzene ring substituents is 1. The molecule has 1 rings (SSSR count). The quantitative estimate of drug-likeness (QED) is 0.425. The third-order valence-electron chi connectivity index (χ3n) is 1.48. The first-order valence-electron chi connectivity index (χ1n) is 3.25. The fraction of sp³-hybridized carbons (Fsp3) is 0.143. The molecule has 1 aromatic carbocycles. The molecule has 70 valence electrons. The van der Waals surface area contributed by atoms with Crippen LogP contribution in [0.1, 0.15) is 5.56 Å². The monoisotopic (exact) mass is 207 g/mol. The third-order valence-corrected chi connectivity index (χ3v) is 1.77. The molecule has 0 spiro atoms. The van der Waals surface area contributed by atoms with E-state index in [2.05, 4.69) is 0 Å². The lowest BCUT2D eigenvalue weighted by atomic mass is 10.2. The summed E-state index contributed by atoms with van der Waals surface area (Å²) in [7, 11) is 0. The molecule has 0 aromatic heterocycles. The predicted molar refractivity (Wildman–Crippen MR) is 42.6 cm³/mol. The van der Waals surface area contributed by atoms with Gasteiger partial charge in [-0.3, -0.25) is 10.1 Å². The molecule has 0 saturated carbocycles. The Bertz CT molecular complexity index is 357. The van der Waals surface area contributed by atoms with E-state index in [1.807, 2.05) is 0 Å². The Morgan fingerprint density at radius 2 is 2.08 bits per heavy atom. The minimum absolute atomic E-state index is 0.0365. The van der Waals surface area contributed by atoms with Gasteiger partial charge in [-0.1, -0.05) is 0 Å². The number of rotatable bonds is 2. The zero-order chi connectivity index (χ0) is 10.0. The lowest BCUT2D eigenvalue weighted by Gasteiger charge is -1.99. The van der Waals surface area contributed by atoms with Crippen molar-refractivity contribution in [3.63, 3.8) is 0 Å². The van der Waals surface area contributed by atoms with Gasteiger partial charge in [0.05, 0.1) is 10.8 Å². The van der Waals surface area contributed by atoms with Crippen molar-refractivity contribution in [1.82, 2.24) is 0 Å². The Morgan fingerprint density at radius 3 is 2.54 bits per heavy atom. The Hall–Kier alpha value is -1.23. The molecule has 0 aliphatic carbocycles. The van der Waals surface area contributed by atoms with Gasteiger partial charge in [0.25, 0.3) is 0 Å². The van der Waals surface area contributed by atoms with Gasteiger partial charge in [-0.2, -0.15) is 4.39 Å². The van der Waals surface area contributed by atoms with Gasteiger partial charge in [0.2, 0.25) is 5.82 Å². The maximum Gasteiger partial charge on any atom is 0.312 e. The molecule has 1 aromatic rings. The Kier molecular flexibility index (Phi) is 2.77. The summed E-state index contributed by atoms with van der Waals surface area (Å²) in [5.41, 5.74) is -0.930. The second kappa shape index (κ2) is 3.66. The zero-order valence-electron chi connectivity index (χ0n) is 6.26. The molecule has 0 atom stereocenters. The highest BCUT2D eigenvalue weighted by Crippen LogP contribution is 2.25. The standard InChI is InChI=1S/C7H4ClF2NO2/c8-3-4-1-2-5(9)6(10)7(4)11(12)13/h1-2H,3H2. The molecule has 0 N–H and O–H groups in total. The number of hydrogen-bond acceptors (Lipinski definition) is 2. The largest absolute Gasteiger partial charge is 0.312 e. The van der Waals surface area contributed by atoms with Gasteiger partial charge >= 0.3 is 5.69 Å². The number of nitrogens with zero attached hydrogens (tertiary/aromatic N) is 1. The van der Waals surface area contributed by atoms with Gasteiger partial charge in [-0.25, -0.2) is 4.39 Å². The Morgan fingerprint density at radius 1 is 1.46 bits per heavy atom. The summed E-state index contributed by atoms with van der Waals surface area (Å²) in [6.07, 6.45) is 0. The van der Waals surface area contributed by atoms with E-state index < -0.39 is 22.2 Å². The molecule has 0 aliphatic rings. The molecule has 0 aliphatic heterocycles. The van der Waals surface area contributed by atoms with Crippen LogP contribution in [-0.4, -0.2) is 4.92 Å². The summed E-state index contributed by atoms with van der Waals surface area (Å²) in [6.45, 7) is 0. The van der Waals surface area contributed by atoms with E-state index in [9.17, 15) is 18.9 Å². The fourth-order valence-corrected chi connectivity index (χ4v) is 1.10. The van der Waals surface area contributed by atoms with Crippen LogP contribution in [0.25, 0.3) is 0 Å². The van der Waals surface area contributed by atoms with Crippen molar-refractivity contribution >= 4 is 17.3 Å². The van der Waals surface area contributed by atoms with Crippen molar-refractivity contribution in [1.29, 1.82) is 0 Å². The molecule has 0 radical (unpaired) electrons. The van der Waals surface area contributed by atoms with E-state index in [4.69, 9.17) is 11.6 Å². The summed E-state index contributed by atoms with van der Waals surface area (Å²) in [5.74, 6) is -2.95. The van der Waals surface area contributed by atoms with E-state index in [0.717, 1.165) is 12.1 Å². The topological polar surface area (TPSA) is 43.1 Å². The lowest BCUT2D eigenvalue weighted by molar-refractivity contribution is -0.388. The summed E-state index contributed by atoms with van der Waals surface area (Å²) < 4.78 is 25.4. The predicted octanol–water partition coefficient (Wildman–Crippen LogP) is 2.61. The number of halogens is 3. The molecule has 0 amide bonds. The van der Waals surface area contributed by atoms with Crippen LogP contribution in [-0.2, 0) is 5.88 Å². The van der Waals surface area contributed by atoms with Crippen LogP contribution >= 0.6 is 11.6 Å². The highest BCUT2D eigenvalue weighted by molar-refractivity contribution is 6.17. The summed E-state index contributed by atoms with van der Waals surface area (Å²) in [6, 6.07) is 1.89. The van der Waals surface area contributed by atoms with Crippen LogP contribution in [0.4, 0.5) is 14.5 Å². The Balaban J connectivity index is 3.41. The zero-order valence-corrected chi connectivity index (χ0v) is 7.02. The van der Waals surface area contributed by atoms with Gasteiger partial charge in [0, 0.05) is 5.56 Å². The minimum atomic E-state index is -1.47. The number of benzene rings is 1. The number of hydrogen-bond donors (Lipinski definition) is 0. The van der Waals surface area contributed by atoms with Crippen LogP contribution in [0, 0.1) is 21.7 Å². The van der Waals surface area contributed by atoms with Crippen LogP contribution in [0.3, 0.4) is 0 Å². The molecule has 0 heterocycles. The molecule has 0 unspecified atom stereocenters. The van der Waals surface area contributed by atoms with Gasteiger partial charge < -0.3 is 0 Å². The van der Waals surface area contributed by atoms with Crippen molar-refractivity contribution in [2.75, 3.05) is 0 Å². The Labute approximate surface area is 77.1 Å². The van der Waals surface area contributed by atoms with Crippen LogP contribution in [0.5, 0.6) is 0 Å². The van der Waals surface area contributed by atoms with Crippen molar-refractivity contribution < 1.29 is 13.7 Å². The molecule has 0 bridgehead atoms. The van der Waals surface area contributed by atoms with Gasteiger partial charge in [-0.15, -0.1) is 11.6 Å². The molecule has 3 nitrogen and oxygen atoms in total. The second-order valence-electron chi connectivity index (χ2n) is 2.26. The van der Waals surface area contributed by atoms with Crippen molar-refractivity contribution in [3.05, 3.63) is 39.4 Å². The first-order chi connectivity index (χ1) is 6.07. The molecular formula is C7H4ClF2NO2. The average Bonchev–Trinajstić information content (AvgIpc) is 2.08. The van der Waals surface area contributed by atoms with Gasteiger partial charge in [0.1, 0.15) is 0 Å². The molecule has 6 heteroatoms. The highest BCUT2D eigenvalue weighted by atomic mass is 35.5. The average molecular weight is 208 g/mol. The van der Waals surface area contributed by atoms with Crippen LogP contribution in [0.2, 0.25) is 0 Å². The van der Waals surface area contributed by atoms with E-state index in [1.54, 1.807) is 0 Å². The van der Waals surface area contributed by atoms with Crippen LogP contribution in [0.15, 0.2) is 12.1 Å². The third kappa shape index (κ3) is 1.75. The first-order valence-corrected chi connectivity index (χ1v) is 3.78. The maximum absolute atomic E-state index is 12.8. The lowest BCUT2D eigenvalue weighted by Crippen LogP contribution is -1.99. The number of nitro groups is 1. The fourth-order valence-electron chi connectivity index (χ4n) is 0.885. The molecular weight excluding hydrogens is 204 g/mol. The normalized spacial score (nSPS) is 10.1. The molecule has 13 heavy (non-hydrogen) atoms. The van der Waals surface area contributed by atoms with Crippen molar-refractivity contribution in [2.45, 2.75) is 5.88 Å². The van der Waals surface area contributed by atoms with Gasteiger partial charge in [0.15, 0.2) is 5.82 Å². The minimum Gasteiger partial charge on any atom is -0.258 e. The van der Waals surface area contributed by atoms with E-state index in [1.165, 1.54) is 0 Å². The van der Waals surface area contributed by atoms with Crippen LogP contribution < -0.4 is 0 Å². The molecule has 0 fully saturated rings. The van der Waals surface area contributed by atoms with Crippen molar-refractivity contribution in [2.24, 2.45) is 0 Å². The summed E-state index contributed by atoms with van der Waals surface area (Å²) >= 11 is 5.31. The number of alkyl halides is 1. The SMILES string of the molecule is O=[N+]([O-])c1c(CCl)ccc(F)c1F. The van der Waals surface area contributed by atoms with Gasteiger partial charge in [-0.05, 0) is 12.1 Å². The van der Waals surface area contributed by atoms with Crippen molar-refractivity contribution in [3.8, 4) is 0 Å². The first kappa shape index (κ1) is 9.85. The smallest absolute Gasteiger partial charge is 0.258 e. The van der Waals surface area contributed by atoms with E-state index >= 15 is 0 Å². The van der Waals surface area contributed by atoms with E-state index in [-0.39, 0.29) is 11.4 Å². The maximum atomic E-state index is 12.8.